The molecule has 0 radical (unpaired) electrons. The van der Waals surface area contributed by atoms with Gasteiger partial charge >= 0.3 is 12.0 Å². The summed E-state index contributed by atoms with van der Waals surface area (Å²) in [6.07, 6.45) is 0.617. The number of benzene rings is 1. The lowest BCUT2D eigenvalue weighted by atomic mass is 9.91. The SMILES string of the molecule is CCOc1cc(C)ccc1CNC(=O)N1CC(C)CC(C(=O)O)C1. The fraction of sp³-hybridized carbons (Fsp3) is 0.556. The number of nitrogens with one attached hydrogen (secondary N) is 1. The third kappa shape index (κ3) is 4.63. The van der Waals surface area contributed by atoms with E-state index in [1.807, 2.05) is 39.0 Å². The smallest absolute Gasteiger partial charge is 0.317 e. The second-order valence-corrected chi connectivity index (χ2v) is 6.48. The number of carboxylic acids is 1. The molecule has 2 unspecified atom stereocenters. The summed E-state index contributed by atoms with van der Waals surface area (Å²) < 4.78 is 5.62. The van der Waals surface area contributed by atoms with Gasteiger partial charge in [0.1, 0.15) is 5.75 Å². The number of hydrogen-bond acceptors (Lipinski definition) is 3. The molecule has 6 nitrogen and oxygen atoms in total. The van der Waals surface area contributed by atoms with E-state index in [9.17, 15) is 14.7 Å². The number of carboxylic acid groups (broad SMARTS) is 1. The van der Waals surface area contributed by atoms with Gasteiger partial charge in [-0.15, -0.1) is 0 Å². The predicted octanol–water partition coefficient (Wildman–Crippen LogP) is 2.65. The van der Waals surface area contributed by atoms with Crippen LogP contribution in [-0.2, 0) is 11.3 Å². The molecule has 1 aromatic rings. The topological polar surface area (TPSA) is 78.9 Å². The van der Waals surface area contributed by atoms with Crippen LogP contribution in [0.25, 0.3) is 0 Å². The number of aliphatic carboxylic acids is 1. The van der Waals surface area contributed by atoms with Gasteiger partial charge in [-0.2, -0.15) is 0 Å². The van der Waals surface area contributed by atoms with Crippen molar-refractivity contribution in [2.45, 2.75) is 33.7 Å². The lowest BCUT2D eigenvalue weighted by molar-refractivity contribution is -0.143. The number of hydrogen-bond donors (Lipinski definition) is 2. The highest BCUT2D eigenvalue weighted by molar-refractivity contribution is 5.76. The molecule has 2 amide bonds. The normalized spacial score (nSPS) is 20.5. The number of likely N-dealkylation sites (tertiary alicyclic amines) is 1. The first-order valence-corrected chi connectivity index (χ1v) is 8.38. The van der Waals surface area contributed by atoms with Crippen molar-refractivity contribution in [2.24, 2.45) is 11.8 Å². The molecule has 1 aliphatic rings. The van der Waals surface area contributed by atoms with Crippen molar-refractivity contribution in [1.82, 2.24) is 10.2 Å². The Hall–Kier alpha value is -2.24. The van der Waals surface area contributed by atoms with Crippen molar-refractivity contribution in [3.05, 3.63) is 29.3 Å². The van der Waals surface area contributed by atoms with Crippen LogP contribution in [0.5, 0.6) is 5.75 Å². The summed E-state index contributed by atoms with van der Waals surface area (Å²) in [4.78, 5) is 25.2. The number of nitrogens with zero attached hydrogens (tertiary/aromatic N) is 1. The van der Waals surface area contributed by atoms with Crippen LogP contribution in [0.3, 0.4) is 0 Å². The van der Waals surface area contributed by atoms with Crippen molar-refractivity contribution < 1.29 is 19.4 Å². The number of amides is 2. The fourth-order valence-corrected chi connectivity index (χ4v) is 3.08. The third-order valence-electron chi connectivity index (χ3n) is 4.25. The van der Waals surface area contributed by atoms with Crippen LogP contribution in [0.2, 0.25) is 0 Å². The minimum absolute atomic E-state index is 0.184. The number of carbonyl (C=O) groups excluding carboxylic acids is 1. The third-order valence-corrected chi connectivity index (χ3v) is 4.25. The van der Waals surface area contributed by atoms with Gasteiger partial charge in [0, 0.05) is 25.2 Å². The van der Waals surface area contributed by atoms with Crippen molar-refractivity contribution in [3.63, 3.8) is 0 Å². The first-order valence-electron chi connectivity index (χ1n) is 8.38. The fourth-order valence-electron chi connectivity index (χ4n) is 3.08. The van der Waals surface area contributed by atoms with Gasteiger partial charge in [0.25, 0.3) is 0 Å². The minimum Gasteiger partial charge on any atom is -0.494 e. The molecule has 2 atom stereocenters. The monoisotopic (exact) mass is 334 g/mol. The van der Waals surface area contributed by atoms with Crippen LogP contribution >= 0.6 is 0 Å². The van der Waals surface area contributed by atoms with E-state index in [-0.39, 0.29) is 18.5 Å². The molecule has 24 heavy (non-hydrogen) atoms. The Morgan fingerprint density at radius 2 is 2.12 bits per heavy atom. The van der Waals surface area contributed by atoms with Crippen molar-refractivity contribution >= 4 is 12.0 Å². The maximum Gasteiger partial charge on any atom is 0.317 e. The van der Waals surface area contributed by atoms with E-state index in [1.165, 1.54) is 0 Å². The Balaban J connectivity index is 1.99. The average molecular weight is 334 g/mol. The van der Waals surface area contributed by atoms with Gasteiger partial charge < -0.3 is 20.1 Å². The Kier molecular flexibility index (Phi) is 6.06. The van der Waals surface area contributed by atoms with E-state index in [2.05, 4.69) is 5.32 Å². The Labute approximate surface area is 142 Å². The van der Waals surface area contributed by atoms with Crippen LogP contribution in [0.15, 0.2) is 18.2 Å². The maximum absolute atomic E-state index is 12.4. The minimum atomic E-state index is -0.837. The highest BCUT2D eigenvalue weighted by Gasteiger charge is 2.31. The molecule has 1 heterocycles. The number of rotatable bonds is 5. The average Bonchev–Trinajstić information content (AvgIpc) is 2.53. The van der Waals surface area contributed by atoms with Crippen molar-refractivity contribution in [2.75, 3.05) is 19.7 Å². The van der Waals surface area contributed by atoms with E-state index in [0.29, 0.717) is 26.1 Å². The van der Waals surface area contributed by atoms with Crippen LogP contribution in [0, 0.1) is 18.8 Å². The molecule has 0 spiro atoms. The number of ether oxygens (including phenoxy) is 1. The Morgan fingerprint density at radius 1 is 1.38 bits per heavy atom. The van der Waals surface area contributed by atoms with E-state index >= 15 is 0 Å². The van der Waals surface area contributed by atoms with Gasteiger partial charge in [0.05, 0.1) is 12.5 Å². The second kappa shape index (κ2) is 8.04. The van der Waals surface area contributed by atoms with E-state index in [1.54, 1.807) is 4.90 Å². The van der Waals surface area contributed by atoms with Crippen LogP contribution in [0.4, 0.5) is 4.79 Å². The summed E-state index contributed by atoms with van der Waals surface area (Å²) in [5.74, 6) is -0.369. The highest BCUT2D eigenvalue weighted by atomic mass is 16.5. The Bertz CT molecular complexity index is 603. The quantitative estimate of drug-likeness (QED) is 0.868. The molecule has 2 rings (SSSR count). The first-order chi connectivity index (χ1) is 11.4. The zero-order chi connectivity index (χ0) is 17.7. The molecular weight excluding hydrogens is 308 g/mol. The molecule has 0 bridgehead atoms. The number of urea groups is 1. The summed E-state index contributed by atoms with van der Waals surface area (Å²) in [7, 11) is 0. The lowest BCUT2D eigenvalue weighted by Crippen LogP contribution is -2.49. The summed E-state index contributed by atoms with van der Waals surface area (Å²) >= 11 is 0. The molecule has 0 saturated carbocycles. The molecule has 132 valence electrons. The molecule has 0 aromatic heterocycles. The summed E-state index contributed by atoms with van der Waals surface area (Å²) in [5, 5.41) is 12.1. The van der Waals surface area contributed by atoms with Crippen LogP contribution in [0.1, 0.15) is 31.4 Å². The van der Waals surface area contributed by atoms with E-state index < -0.39 is 11.9 Å². The number of carbonyl (C=O) groups is 2. The molecule has 2 N–H and O–H groups in total. The molecule has 1 fully saturated rings. The summed E-state index contributed by atoms with van der Waals surface area (Å²) in [6, 6.07) is 5.65. The van der Waals surface area contributed by atoms with Gasteiger partial charge in [0.15, 0.2) is 0 Å². The number of piperidine rings is 1. The van der Waals surface area contributed by atoms with Crippen LogP contribution < -0.4 is 10.1 Å². The zero-order valence-corrected chi connectivity index (χ0v) is 14.5. The molecule has 6 heteroatoms. The molecule has 1 saturated heterocycles. The number of aryl methyl sites for hydroxylation is 1. The first kappa shape index (κ1) is 18.1. The van der Waals surface area contributed by atoms with Gasteiger partial charge in [0.2, 0.25) is 0 Å². The summed E-state index contributed by atoms with van der Waals surface area (Å²) in [6.45, 7) is 7.66. The van der Waals surface area contributed by atoms with Crippen molar-refractivity contribution in [3.8, 4) is 5.75 Å². The van der Waals surface area contributed by atoms with Gasteiger partial charge in [-0.1, -0.05) is 19.1 Å². The summed E-state index contributed by atoms with van der Waals surface area (Å²) in [5.41, 5.74) is 2.01. The highest BCUT2D eigenvalue weighted by Crippen LogP contribution is 2.23. The maximum atomic E-state index is 12.4. The second-order valence-electron chi connectivity index (χ2n) is 6.48. The van der Waals surface area contributed by atoms with Gasteiger partial charge in [-0.05, 0) is 37.8 Å². The largest absolute Gasteiger partial charge is 0.494 e. The lowest BCUT2D eigenvalue weighted by Gasteiger charge is -2.34. The van der Waals surface area contributed by atoms with Crippen molar-refractivity contribution in [1.29, 1.82) is 0 Å². The predicted molar refractivity (Wildman–Crippen MR) is 91.1 cm³/mol. The standard InChI is InChI=1S/C18H26N2O4/c1-4-24-16-8-12(2)5-6-14(16)9-19-18(23)20-10-13(3)7-15(11-20)17(21)22/h5-6,8,13,15H,4,7,9-11H2,1-3H3,(H,19,23)(H,21,22). The van der Waals surface area contributed by atoms with Gasteiger partial charge in [-0.3, -0.25) is 4.79 Å². The molecule has 1 aliphatic heterocycles. The van der Waals surface area contributed by atoms with E-state index in [0.717, 1.165) is 16.9 Å². The van der Waals surface area contributed by atoms with Crippen LogP contribution in [-0.4, -0.2) is 41.7 Å². The molecule has 1 aromatic carbocycles. The van der Waals surface area contributed by atoms with E-state index in [4.69, 9.17) is 4.74 Å². The molecular formula is C18H26N2O4. The molecule has 0 aliphatic carbocycles. The zero-order valence-electron chi connectivity index (χ0n) is 14.5. The van der Waals surface area contributed by atoms with Gasteiger partial charge in [-0.25, -0.2) is 4.79 Å². The Morgan fingerprint density at radius 3 is 2.79 bits per heavy atom.